The molecule has 0 radical (unpaired) electrons. The van der Waals surface area contributed by atoms with Crippen molar-refractivity contribution in [2.75, 3.05) is 16.8 Å². The van der Waals surface area contributed by atoms with Gasteiger partial charge in [-0.25, -0.2) is 0 Å². The topological polar surface area (TPSA) is 75.2 Å². The number of rotatable bonds is 5. The van der Waals surface area contributed by atoms with Gasteiger partial charge in [0.2, 0.25) is 16.9 Å². The summed E-state index contributed by atoms with van der Waals surface area (Å²) in [6.45, 7) is 6.62. The molecule has 25 heavy (non-hydrogen) atoms. The van der Waals surface area contributed by atoms with E-state index in [9.17, 15) is 9.59 Å². The van der Waals surface area contributed by atoms with Crippen LogP contribution in [0.15, 0.2) is 24.3 Å². The Labute approximate surface area is 151 Å². The monoisotopic (exact) mass is 358 g/mol. The minimum absolute atomic E-state index is 0.0208. The number of benzene rings is 1. The van der Waals surface area contributed by atoms with Crippen molar-refractivity contribution in [1.82, 2.24) is 10.2 Å². The molecule has 1 N–H and O–H groups in total. The SMILES string of the molecule is CCc1nnc(NC(=O)C2CC(=O)N(c3cccc(C(C)C)c3)C2)s1. The molecular weight excluding hydrogens is 336 g/mol. The summed E-state index contributed by atoms with van der Waals surface area (Å²) in [5.41, 5.74) is 2.04. The normalized spacial score (nSPS) is 17.4. The summed E-state index contributed by atoms with van der Waals surface area (Å²) >= 11 is 1.37. The lowest BCUT2D eigenvalue weighted by Gasteiger charge is -2.18. The Hall–Kier alpha value is -2.28. The lowest BCUT2D eigenvalue weighted by atomic mass is 10.0. The van der Waals surface area contributed by atoms with E-state index in [1.165, 1.54) is 16.9 Å². The highest BCUT2D eigenvalue weighted by Crippen LogP contribution is 2.28. The number of hydrogen-bond donors (Lipinski definition) is 1. The predicted octanol–water partition coefficient (Wildman–Crippen LogP) is 3.22. The van der Waals surface area contributed by atoms with Gasteiger partial charge < -0.3 is 10.2 Å². The van der Waals surface area contributed by atoms with Gasteiger partial charge in [-0.3, -0.25) is 9.59 Å². The lowest BCUT2D eigenvalue weighted by molar-refractivity contribution is -0.122. The van der Waals surface area contributed by atoms with Crippen molar-refractivity contribution in [2.45, 2.75) is 39.5 Å². The fourth-order valence-electron chi connectivity index (χ4n) is 2.84. The molecule has 1 aliphatic heterocycles. The third-order valence-electron chi connectivity index (χ3n) is 4.34. The second kappa shape index (κ2) is 7.31. The van der Waals surface area contributed by atoms with E-state index in [-0.39, 0.29) is 24.2 Å². The first kappa shape index (κ1) is 17.5. The molecule has 2 amide bonds. The molecule has 1 aromatic carbocycles. The van der Waals surface area contributed by atoms with Gasteiger partial charge in [0.15, 0.2) is 0 Å². The van der Waals surface area contributed by atoms with Gasteiger partial charge in [-0.2, -0.15) is 0 Å². The van der Waals surface area contributed by atoms with Crippen LogP contribution in [0.5, 0.6) is 0 Å². The predicted molar refractivity (Wildman–Crippen MR) is 98.9 cm³/mol. The van der Waals surface area contributed by atoms with Crippen LogP contribution in [0.1, 0.15) is 43.7 Å². The van der Waals surface area contributed by atoms with Gasteiger partial charge >= 0.3 is 0 Å². The molecular formula is C18H22N4O2S. The molecule has 1 saturated heterocycles. The number of carbonyl (C=O) groups excluding carboxylic acids is 2. The minimum Gasteiger partial charge on any atom is -0.312 e. The number of hydrogen-bond acceptors (Lipinski definition) is 5. The van der Waals surface area contributed by atoms with E-state index in [0.29, 0.717) is 17.6 Å². The van der Waals surface area contributed by atoms with E-state index < -0.39 is 0 Å². The average molecular weight is 358 g/mol. The van der Waals surface area contributed by atoms with Crippen molar-refractivity contribution >= 4 is 34.0 Å². The third kappa shape index (κ3) is 3.87. The number of amides is 2. The summed E-state index contributed by atoms with van der Waals surface area (Å²) in [6, 6.07) is 7.96. The standard InChI is InChI=1S/C18H22N4O2S/c1-4-15-20-21-18(25-15)19-17(24)13-9-16(23)22(10-13)14-7-5-6-12(8-14)11(2)3/h5-8,11,13H,4,9-10H2,1-3H3,(H,19,21,24). The van der Waals surface area contributed by atoms with Gasteiger partial charge in [0.05, 0.1) is 5.92 Å². The van der Waals surface area contributed by atoms with Gasteiger partial charge in [0.1, 0.15) is 5.01 Å². The molecule has 2 heterocycles. The fourth-order valence-corrected chi connectivity index (χ4v) is 3.52. The zero-order chi connectivity index (χ0) is 18.0. The molecule has 0 aliphatic carbocycles. The van der Waals surface area contributed by atoms with Gasteiger partial charge in [-0.15, -0.1) is 10.2 Å². The van der Waals surface area contributed by atoms with Gasteiger partial charge in [0, 0.05) is 18.7 Å². The molecule has 0 spiro atoms. The molecule has 1 aliphatic rings. The van der Waals surface area contributed by atoms with Crippen molar-refractivity contribution in [1.29, 1.82) is 0 Å². The number of anilines is 2. The Kier molecular flexibility index (Phi) is 5.13. The van der Waals surface area contributed by atoms with Crippen LogP contribution in [0, 0.1) is 5.92 Å². The van der Waals surface area contributed by atoms with Crippen molar-refractivity contribution in [3.63, 3.8) is 0 Å². The molecule has 132 valence electrons. The zero-order valence-electron chi connectivity index (χ0n) is 14.7. The number of aryl methyl sites for hydroxylation is 1. The van der Waals surface area contributed by atoms with E-state index in [2.05, 4.69) is 35.4 Å². The summed E-state index contributed by atoms with van der Waals surface area (Å²) in [6.07, 6.45) is 1.01. The first-order chi connectivity index (χ1) is 12.0. The highest BCUT2D eigenvalue weighted by molar-refractivity contribution is 7.15. The van der Waals surface area contributed by atoms with Crippen LogP contribution in [0.2, 0.25) is 0 Å². The van der Waals surface area contributed by atoms with E-state index in [4.69, 9.17) is 0 Å². The van der Waals surface area contributed by atoms with E-state index >= 15 is 0 Å². The van der Waals surface area contributed by atoms with Gasteiger partial charge in [0.25, 0.3) is 0 Å². The van der Waals surface area contributed by atoms with Crippen molar-refractivity contribution in [2.24, 2.45) is 5.92 Å². The van der Waals surface area contributed by atoms with Crippen molar-refractivity contribution in [3.8, 4) is 0 Å². The molecule has 7 heteroatoms. The average Bonchev–Trinajstić information content (AvgIpc) is 3.21. The van der Waals surface area contributed by atoms with Crippen LogP contribution < -0.4 is 10.2 Å². The van der Waals surface area contributed by atoms with Crippen molar-refractivity contribution < 1.29 is 9.59 Å². The molecule has 1 unspecified atom stereocenters. The Balaban J connectivity index is 1.69. The fraction of sp³-hybridized carbons (Fsp3) is 0.444. The molecule has 6 nitrogen and oxygen atoms in total. The van der Waals surface area contributed by atoms with Gasteiger partial charge in [-0.05, 0) is 30.0 Å². The Bertz CT molecular complexity index is 787. The van der Waals surface area contributed by atoms with Crippen LogP contribution in [-0.4, -0.2) is 28.6 Å². The molecule has 0 bridgehead atoms. The Morgan fingerprint density at radius 2 is 2.20 bits per heavy atom. The summed E-state index contributed by atoms with van der Waals surface area (Å²) in [7, 11) is 0. The minimum atomic E-state index is -0.371. The molecule has 0 saturated carbocycles. The maximum absolute atomic E-state index is 12.5. The molecule has 1 atom stereocenters. The number of nitrogens with one attached hydrogen (secondary N) is 1. The van der Waals surface area contributed by atoms with Crippen LogP contribution in [0.4, 0.5) is 10.8 Å². The summed E-state index contributed by atoms with van der Waals surface area (Å²) < 4.78 is 0. The second-order valence-electron chi connectivity index (χ2n) is 6.50. The molecule has 1 fully saturated rings. The number of nitrogens with zero attached hydrogens (tertiary/aromatic N) is 3. The lowest BCUT2D eigenvalue weighted by Crippen LogP contribution is -2.28. The Morgan fingerprint density at radius 3 is 2.88 bits per heavy atom. The second-order valence-corrected chi connectivity index (χ2v) is 7.56. The summed E-state index contributed by atoms with van der Waals surface area (Å²) in [5.74, 6) is -0.173. The maximum Gasteiger partial charge on any atom is 0.231 e. The highest BCUT2D eigenvalue weighted by Gasteiger charge is 2.35. The smallest absolute Gasteiger partial charge is 0.231 e. The van der Waals surface area contributed by atoms with Gasteiger partial charge in [-0.1, -0.05) is 44.2 Å². The summed E-state index contributed by atoms with van der Waals surface area (Å²) in [4.78, 5) is 26.6. The number of carbonyl (C=O) groups is 2. The molecule has 3 rings (SSSR count). The highest BCUT2D eigenvalue weighted by atomic mass is 32.1. The van der Waals surface area contributed by atoms with Crippen LogP contribution >= 0.6 is 11.3 Å². The van der Waals surface area contributed by atoms with E-state index in [0.717, 1.165) is 17.1 Å². The summed E-state index contributed by atoms with van der Waals surface area (Å²) in [5, 5.41) is 12.1. The Morgan fingerprint density at radius 1 is 1.40 bits per heavy atom. The number of aromatic nitrogens is 2. The van der Waals surface area contributed by atoms with Crippen LogP contribution in [0.25, 0.3) is 0 Å². The molecule has 2 aromatic rings. The first-order valence-corrected chi connectivity index (χ1v) is 9.33. The van der Waals surface area contributed by atoms with E-state index in [1.807, 2.05) is 25.1 Å². The molecule has 1 aromatic heterocycles. The third-order valence-corrected chi connectivity index (χ3v) is 5.33. The van der Waals surface area contributed by atoms with E-state index in [1.54, 1.807) is 4.90 Å². The van der Waals surface area contributed by atoms with Crippen molar-refractivity contribution in [3.05, 3.63) is 34.8 Å². The maximum atomic E-state index is 12.5. The quantitative estimate of drug-likeness (QED) is 0.890. The first-order valence-electron chi connectivity index (χ1n) is 8.51. The largest absolute Gasteiger partial charge is 0.312 e. The van der Waals surface area contributed by atoms with Crippen LogP contribution in [0.3, 0.4) is 0 Å². The zero-order valence-corrected chi connectivity index (χ0v) is 15.5. The van der Waals surface area contributed by atoms with Crippen LogP contribution in [-0.2, 0) is 16.0 Å².